The minimum absolute atomic E-state index is 0.225. The summed E-state index contributed by atoms with van der Waals surface area (Å²) in [6.45, 7) is -1.08. The van der Waals surface area contributed by atoms with Crippen LogP contribution in [0.5, 0.6) is 0 Å². The van der Waals surface area contributed by atoms with Gasteiger partial charge in [0.05, 0.1) is 23.6 Å². The fourth-order valence-corrected chi connectivity index (χ4v) is 4.66. The highest BCUT2D eigenvalue weighted by atomic mass is 32.1. The molecule has 2 aromatic carbocycles. The molecule has 2 unspecified atom stereocenters. The highest BCUT2D eigenvalue weighted by Crippen LogP contribution is 2.38. The molecule has 2 atom stereocenters. The molecule has 0 saturated heterocycles. The Morgan fingerprint density at radius 3 is 2.19 bits per heavy atom. The Hall–Kier alpha value is -3.45. The number of alkyl halides is 3. The summed E-state index contributed by atoms with van der Waals surface area (Å²) in [5, 5.41) is 5.87. The van der Waals surface area contributed by atoms with Crippen LogP contribution < -0.4 is 16.4 Å². The Bertz CT molecular complexity index is 1330. The zero-order chi connectivity index (χ0) is 25.4. The molecule has 0 spiro atoms. The fourth-order valence-electron chi connectivity index (χ4n) is 4.20. The normalized spacial score (nSPS) is 18.3. The van der Waals surface area contributed by atoms with Crippen LogP contribution in [0.15, 0.2) is 66.0 Å². The molecular formula is C24H21F4N7S. The second-order valence-electron chi connectivity index (χ2n) is 8.37. The van der Waals surface area contributed by atoms with Gasteiger partial charge in [-0.2, -0.15) is 13.2 Å². The molecule has 0 amide bonds. The number of hydrogen-bond donors (Lipinski definition) is 2. The van der Waals surface area contributed by atoms with Gasteiger partial charge in [0.2, 0.25) is 0 Å². The third-order valence-corrected chi connectivity index (χ3v) is 6.48. The van der Waals surface area contributed by atoms with E-state index in [1.54, 1.807) is 29.2 Å². The maximum Gasteiger partial charge on any atom is 0.401 e. The molecule has 0 bridgehead atoms. The van der Waals surface area contributed by atoms with E-state index in [0.717, 1.165) is 21.7 Å². The molecule has 5 rings (SSSR count). The number of halogens is 4. The minimum atomic E-state index is -4.52. The summed E-state index contributed by atoms with van der Waals surface area (Å²) in [7, 11) is 0. The second kappa shape index (κ2) is 9.54. The quantitative estimate of drug-likeness (QED) is 0.378. The number of nitrogens with zero attached hydrogens (tertiary/aromatic N) is 5. The van der Waals surface area contributed by atoms with E-state index in [2.05, 4.69) is 14.6 Å². The van der Waals surface area contributed by atoms with Crippen LogP contribution in [0.4, 0.5) is 23.2 Å². The van der Waals surface area contributed by atoms with E-state index >= 15 is 0 Å². The van der Waals surface area contributed by atoms with E-state index in [9.17, 15) is 17.6 Å². The second-order valence-corrected chi connectivity index (χ2v) is 8.98. The van der Waals surface area contributed by atoms with Gasteiger partial charge in [-0.1, -0.05) is 28.8 Å². The lowest BCUT2D eigenvalue weighted by Crippen LogP contribution is -2.62. The molecule has 12 heteroatoms. The summed E-state index contributed by atoms with van der Waals surface area (Å²) >= 11 is 1.24. The van der Waals surface area contributed by atoms with Gasteiger partial charge < -0.3 is 10.6 Å². The van der Waals surface area contributed by atoms with Crippen molar-refractivity contribution in [2.75, 3.05) is 11.4 Å². The third-order valence-electron chi connectivity index (χ3n) is 5.97. The Morgan fingerprint density at radius 1 is 0.889 bits per heavy atom. The largest absolute Gasteiger partial charge is 0.401 e. The number of fused-ring (bicyclic) bond motifs is 1. The predicted molar refractivity (Wildman–Crippen MR) is 129 cm³/mol. The minimum Gasteiger partial charge on any atom is -0.337 e. The van der Waals surface area contributed by atoms with Crippen molar-refractivity contribution in [3.8, 4) is 22.5 Å². The number of pyridine rings is 1. The van der Waals surface area contributed by atoms with Crippen LogP contribution in [0.1, 0.15) is 17.4 Å². The molecule has 1 aliphatic rings. The van der Waals surface area contributed by atoms with Crippen molar-refractivity contribution in [2.24, 2.45) is 11.5 Å². The van der Waals surface area contributed by atoms with E-state index in [1.807, 2.05) is 29.6 Å². The van der Waals surface area contributed by atoms with Crippen molar-refractivity contribution in [2.45, 2.75) is 25.2 Å². The summed E-state index contributed by atoms with van der Waals surface area (Å²) in [5.74, 6) is -0.404. The summed E-state index contributed by atoms with van der Waals surface area (Å²) in [5.41, 5.74) is 16.9. The van der Waals surface area contributed by atoms with Gasteiger partial charge in [-0.3, -0.25) is 5.73 Å². The van der Waals surface area contributed by atoms with E-state index in [0.29, 0.717) is 16.9 Å². The van der Waals surface area contributed by atoms with Crippen LogP contribution in [-0.4, -0.2) is 38.5 Å². The molecule has 1 aliphatic heterocycles. The van der Waals surface area contributed by atoms with Crippen molar-refractivity contribution in [1.82, 2.24) is 19.5 Å². The maximum absolute atomic E-state index is 13.4. The van der Waals surface area contributed by atoms with Crippen molar-refractivity contribution in [3.05, 3.63) is 83.1 Å². The maximum atomic E-state index is 13.4. The summed E-state index contributed by atoms with van der Waals surface area (Å²) < 4.78 is 57.6. The van der Waals surface area contributed by atoms with Crippen LogP contribution in [0.2, 0.25) is 0 Å². The Morgan fingerprint density at radius 2 is 1.56 bits per heavy atom. The molecule has 7 nitrogen and oxygen atoms in total. The first-order valence-electron chi connectivity index (χ1n) is 10.9. The van der Waals surface area contributed by atoms with Gasteiger partial charge in [0.15, 0.2) is 0 Å². The highest BCUT2D eigenvalue weighted by Gasteiger charge is 2.42. The lowest BCUT2D eigenvalue weighted by Gasteiger charge is -2.46. The van der Waals surface area contributed by atoms with Gasteiger partial charge in [-0.05, 0) is 53.5 Å². The van der Waals surface area contributed by atoms with Gasteiger partial charge in [-0.15, -0.1) is 5.10 Å². The van der Waals surface area contributed by atoms with Gasteiger partial charge in [0.1, 0.15) is 24.0 Å². The van der Waals surface area contributed by atoms with Crippen LogP contribution >= 0.6 is 11.5 Å². The predicted octanol–water partition coefficient (Wildman–Crippen LogP) is 4.49. The average molecular weight is 516 g/mol. The number of hydrogen-bond acceptors (Lipinski definition) is 8. The van der Waals surface area contributed by atoms with Gasteiger partial charge in [-0.25, -0.2) is 14.3 Å². The molecule has 186 valence electrons. The van der Waals surface area contributed by atoms with Crippen molar-refractivity contribution < 1.29 is 17.6 Å². The number of anilines is 1. The molecule has 4 aromatic rings. The van der Waals surface area contributed by atoms with E-state index in [4.69, 9.17) is 11.5 Å². The number of aromatic nitrogens is 3. The topological polar surface area (TPSA) is 97.2 Å². The Labute approximate surface area is 208 Å². The summed E-state index contributed by atoms with van der Waals surface area (Å²) in [6.07, 6.45) is -6.85. The lowest BCUT2D eigenvalue weighted by molar-refractivity contribution is -0.158. The number of benzene rings is 2. The standard InChI is InChI=1S/C24H21F4N7S/c25-17-7-5-15(6-8-17)18-9-10-20-21(31-18)22(29)35(13-24(26,27)28)23(30)34(20)11-14-1-3-16(4-2-14)19-12-36-33-32-19/h1-10,12,22-23H,11,13,29-30H2. The first-order chi connectivity index (χ1) is 17.2. The summed E-state index contributed by atoms with van der Waals surface area (Å²) in [6, 6.07) is 16.6. The van der Waals surface area contributed by atoms with Crippen LogP contribution in [0.25, 0.3) is 22.5 Å². The molecule has 0 fully saturated rings. The average Bonchev–Trinajstić information content (AvgIpc) is 3.40. The van der Waals surface area contributed by atoms with Crippen LogP contribution in [-0.2, 0) is 6.54 Å². The molecule has 0 aliphatic carbocycles. The first kappa shape index (κ1) is 24.3. The first-order valence-corrected chi connectivity index (χ1v) is 11.8. The molecule has 0 saturated carbocycles. The molecule has 0 radical (unpaired) electrons. The smallest absolute Gasteiger partial charge is 0.337 e. The Balaban J connectivity index is 1.51. The number of rotatable bonds is 5. The summed E-state index contributed by atoms with van der Waals surface area (Å²) in [4.78, 5) is 7.20. The molecule has 2 aromatic heterocycles. The molecular weight excluding hydrogens is 494 g/mol. The monoisotopic (exact) mass is 515 g/mol. The van der Waals surface area contributed by atoms with Gasteiger partial charge in [0, 0.05) is 23.1 Å². The fraction of sp³-hybridized carbons (Fsp3) is 0.208. The van der Waals surface area contributed by atoms with Crippen molar-refractivity contribution in [3.63, 3.8) is 0 Å². The zero-order valence-corrected chi connectivity index (χ0v) is 19.5. The third kappa shape index (κ3) is 4.93. The molecule has 3 heterocycles. The van der Waals surface area contributed by atoms with E-state index < -0.39 is 31.0 Å². The Kier molecular flexibility index (Phi) is 6.43. The number of nitrogens with two attached hydrogens (primary N) is 2. The van der Waals surface area contributed by atoms with Crippen LogP contribution in [0, 0.1) is 5.82 Å². The lowest BCUT2D eigenvalue weighted by atomic mass is 10.0. The van der Waals surface area contributed by atoms with E-state index in [1.165, 1.54) is 23.7 Å². The highest BCUT2D eigenvalue weighted by molar-refractivity contribution is 7.03. The van der Waals surface area contributed by atoms with E-state index in [-0.39, 0.29) is 12.2 Å². The van der Waals surface area contributed by atoms with Crippen LogP contribution in [0.3, 0.4) is 0 Å². The molecule has 36 heavy (non-hydrogen) atoms. The van der Waals surface area contributed by atoms with Crippen molar-refractivity contribution >= 4 is 17.2 Å². The SMILES string of the molecule is NC1c2nc(-c3ccc(F)cc3)ccc2N(Cc2ccc(-c3csnn3)cc2)C(N)N1CC(F)(F)F. The van der Waals surface area contributed by atoms with Gasteiger partial charge >= 0.3 is 6.18 Å². The van der Waals surface area contributed by atoms with Gasteiger partial charge in [0.25, 0.3) is 0 Å². The molecule has 4 N–H and O–H groups in total. The van der Waals surface area contributed by atoms with Crippen molar-refractivity contribution in [1.29, 1.82) is 0 Å². The zero-order valence-electron chi connectivity index (χ0n) is 18.7.